The fourth-order valence-electron chi connectivity index (χ4n) is 5.64. The van der Waals surface area contributed by atoms with E-state index >= 15 is 0 Å². The Kier molecular flexibility index (Phi) is 14.3. The SMILES string of the molecule is C[C@@H]1CC=C[C@H](NC(=O)CS[C@H]2OC(CO)[C@H](O)C(O)C2O)CC=CC(=NOCC(=O)N2CCCCC2)Cc2cc(O)cc(O)c2C(=O)O1. The molecular formula is C33H45N3O12S. The van der Waals surface area contributed by atoms with E-state index < -0.39 is 66.2 Å². The van der Waals surface area contributed by atoms with Gasteiger partial charge in [-0.2, -0.15) is 0 Å². The maximum Gasteiger partial charge on any atom is 0.342 e. The first kappa shape index (κ1) is 38.1. The van der Waals surface area contributed by atoms with Gasteiger partial charge < -0.3 is 55.2 Å². The number of rotatable bonds is 8. The second-order valence-corrected chi connectivity index (χ2v) is 13.3. The number of carbonyl (C=O) groups is 3. The minimum Gasteiger partial charge on any atom is -0.508 e. The van der Waals surface area contributed by atoms with Crippen LogP contribution in [0.5, 0.6) is 11.5 Å². The highest BCUT2D eigenvalue weighted by atomic mass is 32.2. The van der Waals surface area contributed by atoms with Crippen molar-refractivity contribution in [1.82, 2.24) is 10.2 Å². The van der Waals surface area contributed by atoms with Gasteiger partial charge in [0, 0.05) is 32.0 Å². The predicted octanol–water partition coefficient (Wildman–Crippen LogP) is 0.495. The summed E-state index contributed by atoms with van der Waals surface area (Å²) in [6.45, 7) is 2.07. The normalized spacial score (nSPS) is 29.1. The van der Waals surface area contributed by atoms with Crippen molar-refractivity contribution in [3.05, 3.63) is 47.6 Å². The molecule has 2 fully saturated rings. The molecular weight excluding hydrogens is 662 g/mol. The van der Waals surface area contributed by atoms with Gasteiger partial charge in [0.15, 0.2) is 6.61 Å². The van der Waals surface area contributed by atoms with Gasteiger partial charge in [0.2, 0.25) is 5.91 Å². The van der Waals surface area contributed by atoms with Crippen LogP contribution in [0.25, 0.3) is 0 Å². The van der Waals surface area contributed by atoms with Crippen LogP contribution in [0.4, 0.5) is 0 Å². The average Bonchev–Trinajstić information content (AvgIpc) is 3.06. The summed E-state index contributed by atoms with van der Waals surface area (Å²) in [5, 5.41) is 67.6. The van der Waals surface area contributed by atoms with Crippen LogP contribution < -0.4 is 5.32 Å². The van der Waals surface area contributed by atoms with Gasteiger partial charge in [-0.3, -0.25) is 9.59 Å². The number of benzene rings is 1. The number of amides is 2. The monoisotopic (exact) mass is 707 g/mol. The number of fused-ring (bicyclic) bond motifs is 1. The molecule has 270 valence electrons. The summed E-state index contributed by atoms with van der Waals surface area (Å²) in [7, 11) is 0. The van der Waals surface area contributed by atoms with Crippen LogP contribution in [0, 0.1) is 0 Å². The summed E-state index contributed by atoms with van der Waals surface area (Å²) in [4.78, 5) is 45.9. The van der Waals surface area contributed by atoms with E-state index in [4.69, 9.17) is 14.3 Å². The molecule has 0 aromatic heterocycles. The molecule has 3 aliphatic heterocycles. The summed E-state index contributed by atoms with van der Waals surface area (Å²) < 4.78 is 11.0. The van der Waals surface area contributed by atoms with Crippen molar-refractivity contribution in [2.45, 2.75) is 87.4 Å². The Hall–Kier alpha value is -3.67. The van der Waals surface area contributed by atoms with Crippen molar-refractivity contribution in [3.8, 4) is 11.5 Å². The number of aliphatic hydroxyl groups is 4. The van der Waals surface area contributed by atoms with Crippen LogP contribution in [0.2, 0.25) is 0 Å². The highest BCUT2D eigenvalue weighted by molar-refractivity contribution is 8.00. The lowest BCUT2D eigenvalue weighted by molar-refractivity contribution is -0.205. The minimum atomic E-state index is -1.56. The fraction of sp³-hybridized carbons (Fsp3) is 0.576. The maximum absolute atomic E-state index is 13.2. The third-order valence-corrected chi connectivity index (χ3v) is 9.40. The van der Waals surface area contributed by atoms with Gasteiger partial charge in [-0.1, -0.05) is 23.4 Å². The smallest absolute Gasteiger partial charge is 0.342 e. The van der Waals surface area contributed by atoms with E-state index in [1.54, 1.807) is 36.1 Å². The lowest BCUT2D eigenvalue weighted by Crippen LogP contribution is -2.57. The number of cyclic esters (lactones) is 1. The summed E-state index contributed by atoms with van der Waals surface area (Å²) in [6, 6.07) is 1.80. The average molecular weight is 708 g/mol. The standard InChI is InChI=1S/C33H45N3O12S/c1-19-7-5-8-21(34-26(40)18-49-33-31(44)30(43)29(42)25(16-37)48-33)9-6-10-22(35-46-17-27(41)36-11-3-2-4-12-36)13-20-14-23(38)15-24(39)28(20)32(45)47-19/h5-6,8,10,14-15,19,21,25,29-31,33,37-39,42-44H,2-4,7,9,11-13,16-18H2,1H3,(H,34,40)/t19-,21+,25?,29+,30?,31?,33-/m1/s1. The molecule has 0 saturated carbocycles. The number of phenols is 2. The number of allylic oxidation sites excluding steroid dienone is 1. The van der Waals surface area contributed by atoms with Crippen LogP contribution in [-0.2, 0) is 30.3 Å². The Morgan fingerprint density at radius 3 is 2.55 bits per heavy atom. The number of likely N-dealkylation sites (tertiary alicyclic amines) is 1. The molecule has 7 atom stereocenters. The first-order chi connectivity index (χ1) is 23.5. The summed E-state index contributed by atoms with van der Waals surface area (Å²) >= 11 is 0.900. The number of carbonyl (C=O) groups excluding carboxylic acids is 3. The molecule has 2 amide bonds. The van der Waals surface area contributed by atoms with E-state index in [0.29, 0.717) is 13.1 Å². The van der Waals surface area contributed by atoms with E-state index in [0.717, 1.165) is 37.1 Å². The number of hydrogen-bond donors (Lipinski definition) is 7. The van der Waals surface area contributed by atoms with Crippen LogP contribution in [0.1, 0.15) is 54.9 Å². The Labute approximate surface area is 288 Å². The first-order valence-electron chi connectivity index (χ1n) is 16.2. The number of hydrogen-bond acceptors (Lipinski definition) is 14. The number of piperidine rings is 1. The van der Waals surface area contributed by atoms with Gasteiger partial charge in [0.25, 0.3) is 5.91 Å². The van der Waals surface area contributed by atoms with Crippen LogP contribution in [0.15, 0.2) is 41.6 Å². The van der Waals surface area contributed by atoms with Crippen LogP contribution >= 0.6 is 11.8 Å². The van der Waals surface area contributed by atoms with Gasteiger partial charge >= 0.3 is 5.97 Å². The Morgan fingerprint density at radius 1 is 1.06 bits per heavy atom. The molecule has 1 aromatic carbocycles. The van der Waals surface area contributed by atoms with Gasteiger partial charge in [-0.15, -0.1) is 11.8 Å². The zero-order chi connectivity index (χ0) is 35.5. The number of ether oxygens (including phenoxy) is 2. The molecule has 4 rings (SSSR count). The molecule has 1 aromatic rings. The fourth-order valence-corrected chi connectivity index (χ4v) is 6.62. The van der Waals surface area contributed by atoms with Crippen molar-refractivity contribution < 1.29 is 59.3 Å². The number of aromatic hydroxyl groups is 2. The van der Waals surface area contributed by atoms with Crippen molar-refractivity contribution in [2.75, 3.05) is 32.1 Å². The van der Waals surface area contributed by atoms with E-state index in [2.05, 4.69) is 10.5 Å². The summed E-state index contributed by atoms with van der Waals surface area (Å²) in [5.74, 6) is -2.39. The van der Waals surface area contributed by atoms with Crippen LogP contribution in [-0.4, -0.2) is 133 Å². The molecule has 3 unspecified atom stereocenters. The zero-order valence-electron chi connectivity index (χ0n) is 27.2. The molecule has 0 radical (unpaired) electrons. The van der Waals surface area contributed by atoms with Crippen molar-refractivity contribution >= 4 is 35.3 Å². The highest BCUT2D eigenvalue weighted by Gasteiger charge is 2.43. The van der Waals surface area contributed by atoms with E-state index in [-0.39, 0.29) is 60.1 Å². The largest absolute Gasteiger partial charge is 0.508 e. The molecule has 3 aliphatic rings. The molecule has 15 nitrogen and oxygen atoms in total. The molecule has 16 heteroatoms. The Balaban J connectivity index is 1.50. The molecule has 7 N–H and O–H groups in total. The molecule has 0 aliphatic carbocycles. The molecule has 2 saturated heterocycles. The van der Waals surface area contributed by atoms with E-state index in [1.165, 1.54) is 6.07 Å². The minimum absolute atomic E-state index is 0.0855. The third-order valence-electron chi connectivity index (χ3n) is 8.26. The van der Waals surface area contributed by atoms with Crippen molar-refractivity contribution in [2.24, 2.45) is 5.16 Å². The van der Waals surface area contributed by atoms with Gasteiger partial charge in [0.05, 0.1) is 24.1 Å². The topological polar surface area (TPSA) is 228 Å². The third kappa shape index (κ3) is 10.9. The molecule has 0 bridgehead atoms. The van der Waals surface area contributed by atoms with Crippen LogP contribution in [0.3, 0.4) is 0 Å². The van der Waals surface area contributed by atoms with E-state index in [9.17, 15) is 45.0 Å². The molecule has 0 spiro atoms. The Bertz CT molecular complexity index is 1400. The second kappa shape index (κ2) is 18.4. The van der Waals surface area contributed by atoms with E-state index in [1.807, 2.05) is 0 Å². The molecule has 49 heavy (non-hydrogen) atoms. The molecule has 3 heterocycles. The predicted molar refractivity (Wildman–Crippen MR) is 178 cm³/mol. The Morgan fingerprint density at radius 2 is 1.82 bits per heavy atom. The van der Waals surface area contributed by atoms with Crippen molar-refractivity contribution in [1.29, 1.82) is 0 Å². The number of phenolic OH excluding ortho intramolecular Hbond substituents is 2. The zero-order valence-corrected chi connectivity index (χ0v) is 28.0. The first-order valence-corrected chi connectivity index (χ1v) is 17.3. The van der Waals surface area contributed by atoms with Gasteiger partial charge in [-0.05, 0) is 50.3 Å². The number of nitrogens with zero attached hydrogens (tertiary/aromatic N) is 2. The number of esters is 1. The number of oxime groups is 1. The maximum atomic E-state index is 13.2. The van der Waals surface area contributed by atoms with Crippen molar-refractivity contribution in [3.63, 3.8) is 0 Å². The number of thioether (sulfide) groups is 1. The van der Waals surface area contributed by atoms with Gasteiger partial charge in [0.1, 0.15) is 53.0 Å². The number of nitrogens with one attached hydrogen (secondary N) is 1. The summed E-state index contributed by atoms with van der Waals surface area (Å²) in [5.41, 5.74) is -0.744. The lowest BCUT2D eigenvalue weighted by Gasteiger charge is -2.39. The van der Waals surface area contributed by atoms with Gasteiger partial charge in [-0.25, -0.2) is 4.79 Å². The second-order valence-electron chi connectivity index (χ2n) is 12.2. The summed E-state index contributed by atoms with van der Waals surface area (Å²) in [6.07, 6.45) is 3.85. The quantitative estimate of drug-likeness (QED) is 0.111. The highest BCUT2D eigenvalue weighted by Crippen LogP contribution is 2.30. The number of aliphatic hydroxyl groups excluding tert-OH is 4. The lowest BCUT2D eigenvalue weighted by atomic mass is 9.99.